The molecule has 0 radical (unpaired) electrons. The van der Waals surface area contributed by atoms with Crippen molar-refractivity contribution in [1.82, 2.24) is 25.7 Å². The molecule has 1 aromatic heterocycles. The Morgan fingerprint density at radius 3 is 2.88 bits per heavy atom. The third-order valence-electron chi connectivity index (χ3n) is 3.77. The number of nitrogens with zero attached hydrogens (tertiary/aromatic N) is 4. The number of hydrogen-bond donors (Lipinski definition) is 3. The number of hydroxylamine groups is 2. The third kappa shape index (κ3) is 5.78. The highest BCUT2D eigenvalue weighted by molar-refractivity contribution is 6.31. The summed E-state index contributed by atoms with van der Waals surface area (Å²) in [6, 6.07) is 5.02. The maximum absolute atomic E-state index is 12.4. The second-order valence-corrected chi connectivity index (χ2v) is 6.24. The first-order valence-corrected chi connectivity index (χ1v) is 8.68. The van der Waals surface area contributed by atoms with E-state index in [1.54, 1.807) is 18.2 Å². The van der Waals surface area contributed by atoms with Crippen molar-refractivity contribution in [3.8, 4) is 0 Å². The first-order valence-electron chi connectivity index (χ1n) is 8.30. The van der Waals surface area contributed by atoms with E-state index in [1.807, 2.05) is 0 Å². The molecule has 26 heavy (non-hydrogen) atoms. The number of hydrogen-bond acceptors (Lipinski definition) is 7. The van der Waals surface area contributed by atoms with E-state index in [9.17, 15) is 14.8 Å². The van der Waals surface area contributed by atoms with Crippen molar-refractivity contribution in [2.45, 2.75) is 32.6 Å². The average molecular weight is 381 g/mol. The Kier molecular flexibility index (Phi) is 7.49. The van der Waals surface area contributed by atoms with E-state index in [1.165, 1.54) is 0 Å². The van der Waals surface area contributed by atoms with Crippen LogP contribution in [0.15, 0.2) is 18.2 Å². The largest absolute Gasteiger partial charge is 0.286 e. The molecular weight excluding hydrogens is 360 g/mol. The summed E-state index contributed by atoms with van der Waals surface area (Å²) in [5.41, 5.74) is 6.20. The molecule has 0 aliphatic heterocycles. The third-order valence-corrected chi connectivity index (χ3v) is 4.00. The number of unbranched alkanes of at least 4 members (excludes halogenated alkanes) is 2. The summed E-state index contributed by atoms with van der Waals surface area (Å²) in [7, 11) is 0. The van der Waals surface area contributed by atoms with Gasteiger partial charge < -0.3 is 0 Å². The number of hydrazine groups is 1. The van der Waals surface area contributed by atoms with Gasteiger partial charge in [0.15, 0.2) is 0 Å². The molecular formula is C16H21ClN6O3. The minimum atomic E-state index is -0.563. The molecule has 1 heterocycles. The van der Waals surface area contributed by atoms with E-state index in [0.717, 1.165) is 19.3 Å². The van der Waals surface area contributed by atoms with Crippen LogP contribution in [0.25, 0.3) is 11.0 Å². The van der Waals surface area contributed by atoms with Gasteiger partial charge in [0, 0.05) is 5.02 Å². The van der Waals surface area contributed by atoms with Crippen LogP contribution in [0.1, 0.15) is 32.6 Å². The number of carbonyl (C=O) groups excluding carboxylic acids is 2. The molecule has 2 rings (SSSR count). The quantitative estimate of drug-likeness (QED) is 0.250. The van der Waals surface area contributed by atoms with Crippen molar-refractivity contribution in [3.05, 3.63) is 23.2 Å². The lowest BCUT2D eigenvalue weighted by Gasteiger charge is -2.19. The van der Waals surface area contributed by atoms with Gasteiger partial charge in [-0.2, -0.15) is 0 Å². The Morgan fingerprint density at radius 1 is 1.35 bits per heavy atom. The molecule has 0 saturated carbocycles. The Labute approximate surface area is 155 Å². The van der Waals surface area contributed by atoms with Crippen molar-refractivity contribution in [1.29, 1.82) is 0 Å². The number of anilines is 1. The highest BCUT2D eigenvalue weighted by Crippen LogP contribution is 2.16. The molecule has 1 atom stereocenters. The predicted octanol–water partition coefficient (Wildman–Crippen LogP) is 2.17. The smallest absolute Gasteiger partial charge is 0.262 e. The highest BCUT2D eigenvalue weighted by Gasteiger charge is 2.20. The highest BCUT2D eigenvalue weighted by atomic mass is 35.5. The van der Waals surface area contributed by atoms with E-state index in [0.29, 0.717) is 27.5 Å². The zero-order chi connectivity index (χ0) is 18.9. The number of halogens is 1. The van der Waals surface area contributed by atoms with Crippen LogP contribution >= 0.6 is 11.6 Å². The SMILES string of the molecule is CCCCCC(CN(O)C=O)C(=O)NNc1nnc2ccc(Cl)cc2n1. The normalized spacial score (nSPS) is 11.8. The second kappa shape index (κ2) is 9.83. The van der Waals surface area contributed by atoms with Crippen molar-refractivity contribution in [2.24, 2.45) is 5.92 Å². The maximum Gasteiger partial charge on any atom is 0.262 e. The molecule has 0 aliphatic rings. The van der Waals surface area contributed by atoms with Crippen molar-refractivity contribution in [3.63, 3.8) is 0 Å². The van der Waals surface area contributed by atoms with Gasteiger partial charge in [-0.25, -0.2) is 10.0 Å². The summed E-state index contributed by atoms with van der Waals surface area (Å²) in [6.07, 6.45) is 3.59. The fourth-order valence-electron chi connectivity index (χ4n) is 2.40. The summed E-state index contributed by atoms with van der Waals surface area (Å²) in [6.45, 7) is 1.96. The molecule has 0 spiro atoms. The van der Waals surface area contributed by atoms with Crippen LogP contribution in [-0.4, -0.2) is 44.3 Å². The summed E-state index contributed by atoms with van der Waals surface area (Å²) in [5.74, 6) is -0.833. The molecule has 10 heteroatoms. The van der Waals surface area contributed by atoms with Gasteiger partial charge in [-0.3, -0.25) is 25.6 Å². The van der Waals surface area contributed by atoms with E-state index < -0.39 is 5.92 Å². The van der Waals surface area contributed by atoms with Gasteiger partial charge in [-0.05, 0) is 24.6 Å². The molecule has 3 N–H and O–H groups in total. The second-order valence-electron chi connectivity index (χ2n) is 5.80. The predicted molar refractivity (Wildman–Crippen MR) is 96.3 cm³/mol. The molecule has 0 bridgehead atoms. The van der Waals surface area contributed by atoms with Crippen LogP contribution in [0, 0.1) is 5.92 Å². The van der Waals surface area contributed by atoms with E-state index >= 15 is 0 Å². The minimum Gasteiger partial charge on any atom is -0.286 e. The zero-order valence-corrected chi connectivity index (χ0v) is 15.1. The molecule has 0 aliphatic carbocycles. The van der Waals surface area contributed by atoms with Gasteiger partial charge in [0.1, 0.15) is 5.52 Å². The van der Waals surface area contributed by atoms with Gasteiger partial charge in [0.25, 0.3) is 5.95 Å². The van der Waals surface area contributed by atoms with E-state index in [2.05, 4.69) is 33.0 Å². The zero-order valence-electron chi connectivity index (χ0n) is 14.4. The molecule has 2 aromatic rings. The lowest BCUT2D eigenvalue weighted by molar-refractivity contribution is -0.154. The molecule has 9 nitrogen and oxygen atoms in total. The lowest BCUT2D eigenvalue weighted by Crippen LogP contribution is -2.40. The number of nitrogens with one attached hydrogen (secondary N) is 2. The van der Waals surface area contributed by atoms with Crippen molar-refractivity contribution >= 4 is 40.9 Å². The van der Waals surface area contributed by atoms with Gasteiger partial charge in [-0.15, -0.1) is 10.2 Å². The average Bonchev–Trinajstić information content (AvgIpc) is 2.64. The first kappa shape index (κ1) is 19.8. The number of amides is 2. The summed E-state index contributed by atoms with van der Waals surface area (Å²) < 4.78 is 0. The van der Waals surface area contributed by atoms with Gasteiger partial charge in [0.2, 0.25) is 12.3 Å². The number of fused-ring (bicyclic) bond motifs is 1. The fraction of sp³-hybridized carbons (Fsp3) is 0.438. The van der Waals surface area contributed by atoms with Gasteiger partial charge in [0.05, 0.1) is 18.0 Å². The van der Waals surface area contributed by atoms with Crippen LogP contribution in [0.2, 0.25) is 5.02 Å². The molecule has 140 valence electrons. The van der Waals surface area contributed by atoms with Crippen LogP contribution in [0.3, 0.4) is 0 Å². The van der Waals surface area contributed by atoms with Gasteiger partial charge in [-0.1, -0.05) is 37.8 Å². The number of rotatable bonds is 10. The lowest BCUT2D eigenvalue weighted by atomic mass is 10.0. The Morgan fingerprint density at radius 2 is 2.15 bits per heavy atom. The van der Waals surface area contributed by atoms with Crippen molar-refractivity contribution in [2.75, 3.05) is 12.0 Å². The van der Waals surface area contributed by atoms with Crippen LogP contribution in [0.4, 0.5) is 5.95 Å². The van der Waals surface area contributed by atoms with Crippen LogP contribution in [0.5, 0.6) is 0 Å². The standard InChI is InChI=1S/C16H21ClN6O3/c1-2-3-4-5-11(9-23(26)10-24)15(25)20-22-16-18-14-8-12(17)6-7-13(14)19-21-16/h6-8,10-11,26H,2-5,9H2,1H3,(H,20,25)(H,18,21,22). The summed E-state index contributed by atoms with van der Waals surface area (Å²) in [4.78, 5) is 27.2. The minimum absolute atomic E-state index is 0.0901. The van der Waals surface area contributed by atoms with E-state index in [4.69, 9.17) is 11.6 Å². The van der Waals surface area contributed by atoms with Gasteiger partial charge >= 0.3 is 0 Å². The Balaban J connectivity index is 1.99. The molecule has 2 amide bonds. The first-order chi connectivity index (χ1) is 12.5. The Hall–Kier alpha value is -2.52. The molecule has 0 saturated heterocycles. The molecule has 1 aromatic carbocycles. The van der Waals surface area contributed by atoms with Crippen LogP contribution < -0.4 is 10.9 Å². The Bertz CT molecular complexity index is 760. The van der Waals surface area contributed by atoms with E-state index in [-0.39, 0.29) is 24.8 Å². The molecule has 1 unspecified atom stereocenters. The van der Waals surface area contributed by atoms with Crippen LogP contribution in [-0.2, 0) is 9.59 Å². The summed E-state index contributed by atoms with van der Waals surface area (Å²) in [5, 5.41) is 18.2. The number of benzene rings is 1. The van der Waals surface area contributed by atoms with Crippen molar-refractivity contribution < 1.29 is 14.8 Å². The number of aromatic nitrogens is 3. The summed E-state index contributed by atoms with van der Waals surface area (Å²) >= 11 is 5.93. The fourth-order valence-corrected chi connectivity index (χ4v) is 2.56. The maximum atomic E-state index is 12.4. The number of carbonyl (C=O) groups is 2. The molecule has 0 fully saturated rings. The topological polar surface area (TPSA) is 120 Å². The monoisotopic (exact) mass is 380 g/mol.